The fourth-order valence-electron chi connectivity index (χ4n) is 2.77. The van der Waals surface area contributed by atoms with Gasteiger partial charge in [-0.3, -0.25) is 4.79 Å². The van der Waals surface area contributed by atoms with Crippen LogP contribution in [0, 0.1) is 5.41 Å². The van der Waals surface area contributed by atoms with Gasteiger partial charge < -0.3 is 15.5 Å². The van der Waals surface area contributed by atoms with Gasteiger partial charge in [0.2, 0.25) is 0 Å². The fraction of sp³-hybridized carbons (Fsp3) is 0.444. The van der Waals surface area contributed by atoms with Gasteiger partial charge in [0.15, 0.2) is 11.4 Å². The molecule has 130 valence electrons. The number of nitrogens with zero attached hydrogens (tertiary/aromatic N) is 2. The van der Waals surface area contributed by atoms with Crippen LogP contribution in [0.5, 0.6) is 5.75 Å². The number of aliphatic hydroxyl groups excluding tert-OH is 1. The maximum atomic E-state index is 12.4. The summed E-state index contributed by atoms with van der Waals surface area (Å²) in [7, 11) is 0. The van der Waals surface area contributed by atoms with E-state index in [0.717, 1.165) is 18.5 Å². The highest BCUT2D eigenvalue weighted by Gasteiger charge is 2.27. The Morgan fingerprint density at radius 2 is 1.92 bits per heavy atom. The Kier molecular flexibility index (Phi) is 5.98. The van der Waals surface area contributed by atoms with Crippen LogP contribution in [0.2, 0.25) is 0 Å². The van der Waals surface area contributed by atoms with Crippen LogP contribution in [0.4, 0.5) is 0 Å². The number of amides is 1. The Balaban J connectivity index is 2.12. The summed E-state index contributed by atoms with van der Waals surface area (Å²) in [6.07, 6.45) is 3.76. The van der Waals surface area contributed by atoms with Crippen molar-refractivity contribution in [1.29, 1.82) is 0 Å². The molecule has 6 nitrogen and oxygen atoms in total. The number of nitrogens with one attached hydrogen (secondary N) is 1. The van der Waals surface area contributed by atoms with Crippen LogP contribution in [-0.4, -0.2) is 39.1 Å². The molecule has 2 rings (SSSR count). The highest BCUT2D eigenvalue weighted by molar-refractivity contribution is 5.94. The molecule has 0 saturated heterocycles. The molecule has 3 N–H and O–H groups in total. The first kappa shape index (κ1) is 18.0. The molecule has 0 spiro atoms. The molecule has 0 atom stereocenters. The second-order valence-corrected chi connectivity index (χ2v) is 6.01. The normalized spacial score (nSPS) is 11.5. The van der Waals surface area contributed by atoms with Crippen molar-refractivity contribution in [1.82, 2.24) is 15.1 Å². The standard InChI is InChI=1S/C18H25N3O3/c1-3-18(4-2,10-11-22)13-19-17(24)16-15(23)12-21(20-16)14-8-6-5-7-9-14/h5-9,12,22-23H,3-4,10-11,13H2,1-2H3,(H,19,24). The van der Waals surface area contributed by atoms with Gasteiger partial charge in [0.05, 0.1) is 11.9 Å². The van der Waals surface area contributed by atoms with Crippen molar-refractivity contribution in [2.45, 2.75) is 33.1 Å². The fourth-order valence-corrected chi connectivity index (χ4v) is 2.77. The Hall–Kier alpha value is -2.34. The highest BCUT2D eigenvalue weighted by atomic mass is 16.3. The van der Waals surface area contributed by atoms with Gasteiger partial charge in [-0.1, -0.05) is 32.0 Å². The zero-order chi connectivity index (χ0) is 17.6. The first-order chi connectivity index (χ1) is 11.5. The lowest BCUT2D eigenvalue weighted by Gasteiger charge is -2.31. The van der Waals surface area contributed by atoms with Crippen molar-refractivity contribution in [3.05, 3.63) is 42.2 Å². The molecule has 6 heteroatoms. The van der Waals surface area contributed by atoms with Crippen molar-refractivity contribution in [2.75, 3.05) is 13.2 Å². The van der Waals surface area contributed by atoms with Crippen LogP contribution >= 0.6 is 0 Å². The lowest BCUT2D eigenvalue weighted by atomic mass is 9.79. The quantitative estimate of drug-likeness (QED) is 0.693. The van der Waals surface area contributed by atoms with Gasteiger partial charge in [-0.2, -0.15) is 5.10 Å². The zero-order valence-electron chi connectivity index (χ0n) is 14.2. The third-order valence-electron chi connectivity index (χ3n) is 4.70. The van der Waals surface area contributed by atoms with E-state index in [9.17, 15) is 15.0 Å². The van der Waals surface area contributed by atoms with E-state index < -0.39 is 5.91 Å². The average molecular weight is 331 g/mol. The zero-order valence-corrected chi connectivity index (χ0v) is 14.2. The molecule has 2 aromatic rings. The van der Waals surface area contributed by atoms with E-state index in [4.69, 9.17) is 0 Å². The Bertz CT molecular complexity index is 663. The molecule has 1 aromatic heterocycles. The topological polar surface area (TPSA) is 87.4 Å². The van der Waals surface area contributed by atoms with Gasteiger partial charge in [-0.05, 0) is 36.8 Å². The second kappa shape index (κ2) is 7.97. The molecular weight excluding hydrogens is 306 g/mol. The van der Waals surface area contributed by atoms with Crippen LogP contribution in [-0.2, 0) is 0 Å². The van der Waals surface area contributed by atoms with Crippen molar-refractivity contribution in [2.24, 2.45) is 5.41 Å². The molecule has 0 aliphatic rings. The highest BCUT2D eigenvalue weighted by Crippen LogP contribution is 2.29. The van der Waals surface area contributed by atoms with Crippen LogP contribution in [0.25, 0.3) is 5.69 Å². The number of rotatable bonds is 8. The van der Waals surface area contributed by atoms with Crippen LogP contribution in [0.1, 0.15) is 43.6 Å². The van der Waals surface area contributed by atoms with E-state index in [1.54, 1.807) is 0 Å². The molecule has 0 radical (unpaired) electrons. The molecule has 1 aromatic carbocycles. The first-order valence-electron chi connectivity index (χ1n) is 8.28. The molecule has 0 fully saturated rings. The maximum Gasteiger partial charge on any atom is 0.275 e. The molecule has 1 amide bonds. The molecular formula is C18H25N3O3. The molecule has 0 aliphatic carbocycles. The smallest absolute Gasteiger partial charge is 0.275 e. The van der Waals surface area contributed by atoms with E-state index in [1.807, 2.05) is 44.2 Å². The predicted molar refractivity (Wildman–Crippen MR) is 92.3 cm³/mol. The number of hydrogen-bond donors (Lipinski definition) is 3. The number of carbonyl (C=O) groups excluding carboxylic acids is 1. The predicted octanol–water partition coefficient (Wildman–Crippen LogP) is 2.50. The summed E-state index contributed by atoms with van der Waals surface area (Å²) < 4.78 is 1.48. The van der Waals surface area contributed by atoms with E-state index in [1.165, 1.54) is 10.9 Å². The molecule has 0 aliphatic heterocycles. The van der Waals surface area contributed by atoms with Crippen LogP contribution in [0.3, 0.4) is 0 Å². The number of aromatic hydroxyl groups is 1. The third kappa shape index (κ3) is 3.94. The van der Waals surface area contributed by atoms with Crippen LogP contribution < -0.4 is 5.32 Å². The number of hydrogen-bond acceptors (Lipinski definition) is 4. The van der Waals surface area contributed by atoms with Crippen molar-refractivity contribution in [3.63, 3.8) is 0 Å². The SMILES string of the molecule is CCC(CC)(CCO)CNC(=O)c1nn(-c2ccccc2)cc1O. The van der Waals surface area contributed by atoms with Gasteiger partial charge >= 0.3 is 0 Å². The number of benzene rings is 1. The molecule has 0 saturated carbocycles. The summed E-state index contributed by atoms with van der Waals surface area (Å²) in [6, 6.07) is 9.29. The second-order valence-electron chi connectivity index (χ2n) is 6.01. The third-order valence-corrected chi connectivity index (χ3v) is 4.70. The Labute approximate surface area is 142 Å². The summed E-state index contributed by atoms with van der Waals surface area (Å²) in [6.45, 7) is 4.63. The van der Waals surface area contributed by atoms with Gasteiger partial charge in [0.25, 0.3) is 5.91 Å². The van der Waals surface area contributed by atoms with Gasteiger partial charge in [-0.25, -0.2) is 4.68 Å². The summed E-state index contributed by atoms with van der Waals surface area (Å²) in [5, 5.41) is 26.3. The number of aliphatic hydroxyl groups is 1. The summed E-state index contributed by atoms with van der Waals surface area (Å²) in [5.41, 5.74) is 0.634. The number of carbonyl (C=O) groups is 1. The number of para-hydroxylation sites is 1. The minimum absolute atomic E-state index is 0.00366. The molecule has 24 heavy (non-hydrogen) atoms. The molecule has 0 unspecified atom stereocenters. The molecule has 0 bridgehead atoms. The van der Waals surface area contributed by atoms with E-state index in [0.29, 0.717) is 13.0 Å². The average Bonchev–Trinajstić information content (AvgIpc) is 3.01. The van der Waals surface area contributed by atoms with Gasteiger partial charge in [0.1, 0.15) is 0 Å². The minimum Gasteiger partial charge on any atom is -0.504 e. The lowest BCUT2D eigenvalue weighted by Crippen LogP contribution is -2.37. The minimum atomic E-state index is -0.411. The van der Waals surface area contributed by atoms with Gasteiger partial charge in [-0.15, -0.1) is 0 Å². The summed E-state index contributed by atoms with van der Waals surface area (Å²) in [5.74, 6) is -0.566. The first-order valence-corrected chi connectivity index (χ1v) is 8.28. The van der Waals surface area contributed by atoms with Gasteiger partial charge in [0, 0.05) is 13.2 Å². The lowest BCUT2D eigenvalue weighted by molar-refractivity contribution is 0.0899. The monoisotopic (exact) mass is 331 g/mol. The Morgan fingerprint density at radius 3 is 2.50 bits per heavy atom. The van der Waals surface area contributed by atoms with E-state index in [2.05, 4.69) is 10.4 Å². The number of aromatic nitrogens is 2. The van der Waals surface area contributed by atoms with Crippen molar-refractivity contribution in [3.8, 4) is 11.4 Å². The van der Waals surface area contributed by atoms with E-state index >= 15 is 0 Å². The van der Waals surface area contributed by atoms with E-state index in [-0.39, 0.29) is 23.5 Å². The summed E-state index contributed by atoms with van der Waals surface area (Å²) in [4.78, 5) is 12.4. The Morgan fingerprint density at radius 1 is 1.25 bits per heavy atom. The molecule has 1 heterocycles. The van der Waals surface area contributed by atoms with Crippen molar-refractivity contribution >= 4 is 5.91 Å². The van der Waals surface area contributed by atoms with Crippen LogP contribution in [0.15, 0.2) is 36.5 Å². The summed E-state index contributed by atoms with van der Waals surface area (Å²) >= 11 is 0. The van der Waals surface area contributed by atoms with Crippen molar-refractivity contribution < 1.29 is 15.0 Å². The largest absolute Gasteiger partial charge is 0.504 e. The maximum absolute atomic E-state index is 12.4.